The van der Waals surface area contributed by atoms with Gasteiger partial charge in [-0.1, -0.05) is 49.4 Å². The van der Waals surface area contributed by atoms with Crippen molar-refractivity contribution in [2.45, 2.75) is 45.6 Å². The van der Waals surface area contributed by atoms with Crippen molar-refractivity contribution in [2.24, 2.45) is 5.92 Å². The van der Waals surface area contributed by atoms with Crippen LogP contribution in [0.3, 0.4) is 0 Å². The number of benzene rings is 2. The van der Waals surface area contributed by atoms with E-state index in [1.807, 2.05) is 0 Å². The Hall–Kier alpha value is -1.97. The molecule has 0 radical (unpaired) electrons. The van der Waals surface area contributed by atoms with Gasteiger partial charge in [0.05, 0.1) is 0 Å². The van der Waals surface area contributed by atoms with E-state index in [0.717, 1.165) is 64.1 Å². The lowest BCUT2D eigenvalue weighted by Gasteiger charge is -2.30. The zero-order valence-corrected chi connectivity index (χ0v) is 17.8. The number of likely N-dealkylation sites (tertiary alicyclic amines) is 1. The van der Waals surface area contributed by atoms with Crippen LogP contribution in [0.2, 0.25) is 0 Å². The van der Waals surface area contributed by atoms with Crippen LogP contribution in [-0.2, 0) is 19.4 Å². The molecule has 0 saturated carbocycles. The monoisotopic (exact) mass is 390 g/mol. The van der Waals surface area contributed by atoms with Gasteiger partial charge in [-0.05, 0) is 74.0 Å². The highest BCUT2D eigenvalue weighted by atomic mass is 16.1. The summed E-state index contributed by atoms with van der Waals surface area (Å²) in [6.07, 6.45) is 5.17. The molecule has 1 fully saturated rings. The highest BCUT2D eigenvalue weighted by molar-refractivity contribution is 5.96. The van der Waals surface area contributed by atoms with Crippen molar-refractivity contribution in [3.63, 3.8) is 0 Å². The number of nitrogens with zero attached hydrogens (tertiary/aromatic N) is 2. The molecule has 2 aromatic rings. The summed E-state index contributed by atoms with van der Waals surface area (Å²) in [4.78, 5) is 17.9. The van der Waals surface area contributed by atoms with Crippen LogP contribution in [0.1, 0.15) is 53.2 Å². The first-order chi connectivity index (χ1) is 14.2. The van der Waals surface area contributed by atoms with Crippen molar-refractivity contribution in [3.05, 3.63) is 70.8 Å². The number of Topliss-reactive ketones (excluding diaryl/α,β-unsaturated/α-hetero) is 1. The lowest BCUT2D eigenvalue weighted by molar-refractivity contribution is 0.0930. The van der Waals surface area contributed by atoms with E-state index in [0.29, 0.717) is 11.7 Å². The van der Waals surface area contributed by atoms with E-state index in [2.05, 4.69) is 65.3 Å². The number of piperidine rings is 1. The smallest absolute Gasteiger partial charge is 0.163 e. The molecule has 2 heterocycles. The van der Waals surface area contributed by atoms with Gasteiger partial charge < -0.3 is 4.90 Å². The number of fused-ring (bicyclic) bond motifs is 1. The van der Waals surface area contributed by atoms with Crippen LogP contribution in [0.25, 0.3) is 0 Å². The maximum absolute atomic E-state index is 12.9. The maximum Gasteiger partial charge on any atom is 0.163 e. The predicted molar refractivity (Wildman–Crippen MR) is 119 cm³/mol. The lowest BCUT2D eigenvalue weighted by Crippen LogP contribution is -2.34. The molecule has 3 heteroatoms. The predicted octanol–water partition coefficient (Wildman–Crippen LogP) is 4.59. The molecule has 2 aliphatic rings. The van der Waals surface area contributed by atoms with Gasteiger partial charge in [-0.2, -0.15) is 0 Å². The van der Waals surface area contributed by atoms with E-state index in [1.165, 1.54) is 29.5 Å². The van der Waals surface area contributed by atoms with Gasteiger partial charge in [0.2, 0.25) is 0 Å². The Labute approximate surface area is 175 Å². The highest BCUT2D eigenvalue weighted by Gasteiger charge is 2.22. The first-order valence-corrected chi connectivity index (χ1v) is 11.3. The third-order valence-electron chi connectivity index (χ3n) is 6.80. The molecular weight excluding hydrogens is 356 g/mol. The van der Waals surface area contributed by atoms with Gasteiger partial charge in [0.15, 0.2) is 5.78 Å². The molecule has 154 valence electrons. The zero-order valence-electron chi connectivity index (χ0n) is 17.8. The Morgan fingerprint density at radius 2 is 1.62 bits per heavy atom. The van der Waals surface area contributed by atoms with Crippen LogP contribution in [0.5, 0.6) is 0 Å². The summed E-state index contributed by atoms with van der Waals surface area (Å²) < 4.78 is 0. The number of carbonyl (C=O) groups is 1. The van der Waals surface area contributed by atoms with E-state index in [1.54, 1.807) is 0 Å². The maximum atomic E-state index is 12.9. The van der Waals surface area contributed by atoms with Crippen molar-refractivity contribution in [3.8, 4) is 0 Å². The average molecular weight is 391 g/mol. The van der Waals surface area contributed by atoms with E-state index in [9.17, 15) is 4.79 Å². The molecule has 0 atom stereocenters. The SMILES string of the molecule is CCN1CCC(CC(=O)c2ccc3c(c2)CCN(Cc2ccccc2)CC3)CC1. The third kappa shape index (κ3) is 5.34. The van der Waals surface area contributed by atoms with E-state index in [-0.39, 0.29) is 0 Å². The largest absolute Gasteiger partial charge is 0.304 e. The summed E-state index contributed by atoms with van der Waals surface area (Å²) in [5.74, 6) is 0.901. The Balaban J connectivity index is 1.35. The normalized spacial score (nSPS) is 18.9. The van der Waals surface area contributed by atoms with Gasteiger partial charge >= 0.3 is 0 Å². The fourth-order valence-corrected chi connectivity index (χ4v) is 4.83. The molecule has 0 N–H and O–H groups in total. The summed E-state index contributed by atoms with van der Waals surface area (Å²) in [6, 6.07) is 17.2. The standard InChI is InChI=1S/C26H34N2O/c1-2-27-14-10-21(11-15-27)18-26(29)25-9-8-23-12-16-28(17-13-24(23)19-25)20-22-6-4-3-5-7-22/h3-9,19,21H,2,10-18,20H2,1H3. The molecule has 0 amide bonds. The Morgan fingerprint density at radius 3 is 2.34 bits per heavy atom. The summed E-state index contributed by atoms with van der Waals surface area (Å²) in [5.41, 5.74) is 5.11. The third-order valence-corrected chi connectivity index (χ3v) is 6.80. The second kappa shape index (κ2) is 9.69. The van der Waals surface area contributed by atoms with Gasteiger partial charge in [0.1, 0.15) is 0 Å². The topological polar surface area (TPSA) is 23.6 Å². The molecule has 0 unspecified atom stereocenters. The van der Waals surface area contributed by atoms with Crippen LogP contribution in [0.15, 0.2) is 48.5 Å². The molecular formula is C26H34N2O. The highest BCUT2D eigenvalue weighted by Crippen LogP contribution is 2.24. The van der Waals surface area contributed by atoms with E-state index < -0.39 is 0 Å². The summed E-state index contributed by atoms with van der Waals surface area (Å²) in [6.45, 7) is 8.82. The number of rotatable bonds is 6. The van der Waals surface area contributed by atoms with Crippen molar-refractivity contribution in [1.29, 1.82) is 0 Å². The zero-order chi connectivity index (χ0) is 20.1. The Kier molecular flexibility index (Phi) is 6.78. The van der Waals surface area contributed by atoms with E-state index in [4.69, 9.17) is 0 Å². The molecule has 1 saturated heterocycles. The van der Waals surface area contributed by atoms with E-state index >= 15 is 0 Å². The minimum atomic E-state index is 0.341. The first kappa shape index (κ1) is 20.3. The minimum Gasteiger partial charge on any atom is -0.304 e. The molecule has 29 heavy (non-hydrogen) atoms. The summed E-state index contributed by atoms with van der Waals surface area (Å²) >= 11 is 0. The van der Waals surface area contributed by atoms with Gasteiger partial charge in [0.25, 0.3) is 0 Å². The second-order valence-electron chi connectivity index (χ2n) is 8.75. The quantitative estimate of drug-likeness (QED) is 0.674. The molecule has 2 aliphatic heterocycles. The molecule has 4 rings (SSSR count). The Morgan fingerprint density at radius 1 is 0.897 bits per heavy atom. The van der Waals surface area contributed by atoms with Crippen LogP contribution in [0, 0.1) is 5.92 Å². The Bertz CT molecular complexity index is 809. The molecule has 0 aliphatic carbocycles. The summed E-state index contributed by atoms with van der Waals surface area (Å²) in [5, 5.41) is 0. The van der Waals surface area contributed by atoms with Gasteiger partial charge in [-0.3, -0.25) is 9.69 Å². The molecule has 0 spiro atoms. The number of carbonyl (C=O) groups excluding carboxylic acids is 1. The summed E-state index contributed by atoms with van der Waals surface area (Å²) in [7, 11) is 0. The minimum absolute atomic E-state index is 0.341. The fourth-order valence-electron chi connectivity index (χ4n) is 4.83. The van der Waals surface area contributed by atoms with Crippen LogP contribution >= 0.6 is 0 Å². The first-order valence-electron chi connectivity index (χ1n) is 11.3. The number of hydrogen-bond donors (Lipinski definition) is 0. The van der Waals surface area contributed by atoms with Crippen LogP contribution in [-0.4, -0.2) is 48.3 Å². The van der Waals surface area contributed by atoms with Crippen molar-refractivity contribution in [2.75, 3.05) is 32.7 Å². The molecule has 3 nitrogen and oxygen atoms in total. The fraction of sp³-hybridized carbons (Fsp3) is 0.500. The number of hydrogen-bond acceptors (Lipinski definition) is 3. The van der Waals surface area contributed by atoms with Gasteiger partial charge in [-0.15, -0.1) is 0 Å². The van der Waals surface area contributed by atoms with Crippen LogP contribution in [0.4, 0.5) is 0 Å². The van der Waals surface area contributed by atoms with Gasteiger partial charge in [-0.25, -0.2) is 0 Å². The number of ketones is 1. The van der Waals surface area contributed by atoms with Crippen molar-refractivity contribution < 1.29 is 4.79 Å². The lowest BCUT2D eigenvalue weighted by atomic mass is 9.89. The molecule has 2 aromatic carbocycles. The van der Waals surface area contributed by atoms with Crippen molar-refractivity contribution in [1.82, 2.24) is 9.80 Å². The molecule has 0 aromatic heterocycles. The van der Waals surface area contributed by atoms with Crippen molar-refractivity contribution >= 4 is 5.78 Å². The average Bonchev–Trinajstić information content (AvgIpc) is 2.97. The molecule has 0 bridgehead atoms. The van der Waals surface area contributed by atoms with Gasteiger partial charge in [0, 0.05) is 31.6 Å². The second-order valence-corrected chi connectivity index (χ2v) is 8.75. The van der Waals surface area contributed by atoms with Crippen LogP contribution < -0.4 is 0 Å².